The molecule has 2 heterocycles. The minimum Gasteiger partial charge on any atom is -0.384 e. The van der Waals surface area contributed by atoms with E-state index < -0.39 is 0 Å². The second-order valence-electron chi connectivity index (χ2n) is 6.01. The number of fused-ring (bicyclic) bond motifs is 1. The maximum atomic E-state index is 11.5. The molecule has 0 spiro atoms. The van der Waals surface area contributed by atoms with Crippen LogP contribution < -0.4 is 11.1 Å². The highest BCUT2D eigenvalue weighted by Gasteiger charge is 2.38. The summed E-state index contributed by atoms with van der Waals surface area (Å²) in [5.74, 6) is -0.175. The van der Waals surface area contributed by atoms with Crippen molar-refractivity contribution in [3.8, 4) is 0 Å². The molecule has 1 aromatic carbocycles. The molecule has 1 amide bonds. The molecule has 5 heteroatoms. The van der Waals surface area contributed by atoms with Gasteiger partial charge in [-0.1, -0.05) is 18.2 Å². The minimum atomic E-state index is -0.356. The van der Waals surface area contributed by atoms with Crippen molar-refractivity contribution in [3.63, 3.8) is 0 Å². The van der Waals surface area contributed by atoms with Crippen LogP contribution in [-0.2, 0) is 17.8 Å². The van der Waals surface area contributed by atoms with Crippen molar-refractivity contribution < 1.29 is 4.79 Å². The molecule has 1 atom stereocenters. The molecule has 3 rings (SSSR count). The molecule has 0 radical (unpaired) electrons. The molecule has 1 saturated heterocycles. The lowest BCUT2D eigenvalue weighted by atomic mass is 9.89. The summed E-state index contributed by atoms with van der Waals surface area (Å²) in [6.07, 6.45) is 1.98. The lowest BCUT2D eigenvalue weighted by Crippen LogP contribution is -2.36. The number of halogens is 1. The summed E-state index contributed by atoms with van der Waals surface area (Å²) < 4.78 is 0. The Morgan fingerprint density at radius 1 is 1.50 bits per heavy atom. The number of primary amides is 1. The molecule has 1 fully saturated rings. The molecule has 110 valence electrons. The highest BCUT2D eigenvalue weighted by atomic mass is 35.5. The summed E-state index contributed by atoms with van der Waals surface area (Å²) in [7, 11) is 0. The number of hydrogen-bond acceptors (Lipinski definition) is 3. The summed E-state index contributed by atoms with van der Waals surface area (Å²) in [4.78, 5) is 13.8. The van der Waals surface area contributed by atoms with E-state index in [1.165, 1.54) is 16.8 Å². The SMILES string of the molecule is CC1(C(N)=O)CCN(Cc2cccc3c2NCC3)C1.Cl. The number of rotatable bonds is 3. The Labute approximate surface area is 126 Å². The number of likely N-dealkylation sites (tertiary alicyclic amines) is 1. The minimum absolute atomic E-state index is 0. The molecule has 0 bridgehead atoms. The van der Waals surface area contributed by atoms with E-state index in [1.807, 2.05) is 6.92 Å². The average molecular weight is 296 g/mol. The Kier molecular flexibility index (Phi) is 4.25. The lowest BCUT2D eigenvalue weighted by molar-refractivity contribution is -0.126. The fourth-order valence-electron chi connectivity index (χ4n) is 3.18. The smallest absolute Gasteiger partial charge is 0.224 e. The predicted octanol–water partition coefficient (Wildman–Crippen LogP) is 1.77. The van der Waals surface area contributed by atoms with E-state index in [0.29, 0.717) is 0 Å². The highest BCUT2D eigenvalue weighted by molar-refractivity contribution is 5.85. The largest absolute Gasteiger partial charge is 0.384 e. The molecule has 1 unspecified atom stereocenters. The number of amides is 1. The van der Waals surface area contributed by atoms with Gasteiger partial charge in [-0.3, -0.25) is 9.69 Å². The van der Waals surface area contributed by atoms with Crippen molar-refractivity contribution in [1.29, 1.82) is 0 Å². The van der Waals surface area contributed by atoms with Crippen molar-refractivity contribution >= 4 is 24.0 Å². The van der Waals surface area contributed by atoms with Gasteiger partial charge in [0.2, 0.25) is 5.91 Å². The lowest BCUT2D eigenvalue weighted by Gasteiger charge is -2.22. The molecule has 0 aromatic heterocycles. The second kappa shape index (κ2) is 5.62. The maximum absolute atomic E-state index is 11.5. The average Bonchev–Trinajstić information content (AvgIpc) is 2.97. The van der Waals surface area contributed by atoms with Crippen LogP contribution in [0.2, 0.25) is 0 Å². The Bertz CT molecular complexity index is 520. The topological polar surface area (TPSA) is 58.4 Å². The monoisotopic (exact) mass is 295 g/mol. The Morgan fingerprint density at radius 2 is 2.30 bits per heavy atom. The summed E-state index contributed by atoms with van der Waals surface area (Å²) in [5, 5.41) is 3.47. The molecule has 1 aromatic rings. The van der Waals surface area contributed by atoms with Crippen LogP contribution in [0.1, 0.15) is 24.5 Å². The zero-order valence-corrected chi connectivity index (χ0v) is 12.6. The molecular formula is C15H22ClN3O. The third kappa shape index (κ3) is 2.63. The third-order valence-corrected chi connectivity index (χ3v) is 4.47. The number of anilines is 1. The van der Waals surface area contributed by atoms with Crippen LogP contribution in [0.25, 0.3) is 0 Å². The standard InChI is InChI=1S/C15H21N3O.ClH/c1-15(14(16)19)6-8-18(10-15)9-12-4-2-3-11-5-7-17-13(11)12;/h2-4,17H,5-10H2,1H3,(H2,16,19);1H. The van der Waals surface area contributed by atoms with Crippen molar-refractivity contribution in [2.75, 3.05) is 25.0 Å². The molecule has 20 heavy (non-hydrogen) atoms. The molecule has 2 aliphatic heterocycles. The van der Waals surface area contributed by atoms with Crippen LogP contribution >= 0.6 is 12.4 Å². The van der Waals surface area contributed by atoms with Gasteiger partial charge in [-0.25, -0.2) is 0 Å². The van der Waals surface area contributed by atoms with Gasteiger partial charge < -0.3 is 11.1 Å². The summed E-state index contributed by atoms with van der Waals surface area (Å²) in [6.45, 7) is 5.63. The summed E-state index contributed by atoms with van der Waals surface area (Å²) >= 11 is 0. The number of nitrogens with two attached hydrogens (primary N) is 1. The van der Waals surface area contributed by atoms with Crippen molar-refractivity contribution in [3.05, 3.63) is 29.3 Å². The van der Waals surface area contributed by atoms with Gasteiger partial charge in [0.25, 0.3) is 0 Å². The first-order valence-electron chi connectivity index (χ1n) is 6.95. The van der Waals surface area contributed by atoms with Crippen LogP contribution in [0, 0.1) is 5.41 Å². The summed E-state index contributed by atoms with van der Waals surface area (Å²) in [6, 6.07) is 6.50. The van der Waals surface area contributed by atoms with E-state index in [2.05, 4.69) is 28.4 Å². The second-order valence-corrected chi connectivity index (χ2v) is 6.01. The fourth-order valence-corrected chi connectivity index (χ4v) is 3.18. The number of nitrogens with one attached hydrogen (secondary N) is 1. The normalized spacial score (nSPS) is 24.9. The van der Waals surface area contributed by atoms with Gasteiger partial charge in [0.1, 0.15) is 0 Å². The highest BCUT2D eigenvalue weighted by Crippen LogP contribution is 2.33. The number of nitrogens with zero attached hydrogens (tertiary/aromatic N) is 1. The van der Waals surface area contributed by atoms with E-state index >= 15 is 0 Å². The van der Waals surface area contributed by atoms with E-state index in [-0.39, 0.29) is 23.7 Å². The fraction of sp³-hybridized carbons (Fsp3) is 0.533. The zero-order chi connectivity index (χ0) is 13.5. The number of para-hydroxylation sites is 1. The third-order valence-electron chi connectivity index (χ3n) is 4.47. The first-order chi connectivity index (χ1) is 9.08. The van der Waals surface area contributed by atoms with Crippen LogP contribution in [-0.4, -0.2) is 30.4 Å². The van der Waals surface area contributed by atoms with Crippen LogP contribution in [0.4, 0.5) is 5.69 Å². The quantitative estimate of drug-likeness (QED) is 0.893. The van der Waals surface area contributed by atoms with Gasteiger partial charge >= 0.3 is 0 Å². The number of carbonyl (C=O) groups excluding carboxylic acids is 1. The number of hydrogen-bond donors (Lipinski definition) is 2. The molecule has 0 saturated carbocycles. The van der Waals surface area contributed by atoms with E-state index in [0.717, 1.165) is 39.0 Å². The van der Waals surface area contributed by atoms with Gasteiger partial charge in [-0.05, 0) is 37.4 Å². The van der Waals surface area contributed by atoms with Crippen molar-refractivity contribution in [2.45, 2.75) is 26.3 Å². The first kappa shape index (κ1) is 15.1. The first-order valence-corrected chi connectivity index (χ1v) is 6.95. The number of carbonyl (C=O) groups is 1. The van der Waals surface area contributed by atoms with E-state index in [1.54, 1.807) is 0 Å². The molecule has 3 N–H and O–H groups in total. The van der Waals surface area contributed by atoms with Crippen molar-refractivity contribution in [1.82, 2.24) is 4.90 Å². The zero-order valence-electron chi connectivity index (χ0n) is 11.8. The van der Waals surface area contributed by atoms with Gasteiger partial charge in [-0.2, -0.15) is 0 Å². The maximum Gasteiger partial charge on any atom is 0.224 e. The van der Waals surface area contributed by atoms with E-state index in [9.17, 15) is 4.79 Å². The van der Waals surface area contributed by atoms with Gasteiger partial charge in [-0.15, -0.1) is 12.4 Å². The predicted molar refractivity (Wildman–Crippen MR) is 83.1 cm³/mol. The Balaban J connectivity index is 0.00000147. The van der Waals surface area contributed by atoms with Crippen LogP contribution in [0.15, 0.2) is 18.2 Å². The number of benzene rings is 1. The Morgan fingerprint density at radius 3 is 3.00 bits per heavy atom. The molecule has 4 nitrogen and oxygen atoms in total. The molecular weight excluding hydrogens is 274 g/mol. The molecule has 2 aliphatic rings. The van der Waals surface area contributed by atoms with Gasteiger partial charge in [0.15, 0.2) is 0 Å². The van der Waals surface area contributed by atoms with Crippen LogP contribution in [0.3, 0.4) is 0 Å². The van der Waals surface area contributed by atoms with Crippen molar-refractivity contribution in [2.24, 2.45) is 11.1 Å². The van der Waals surface area contributed by atoms with E-state index in [4.69, 9.17) is 5.73 Å². The Hall–Kier alpha value is -1.26. The van der Waals surface area contributed by atoms with Gasteiger partial charge in [0, 0.05) is 25.3 Å². The van der Waals surface area contributed by atoms with Gasteiger partial charge in [0.05, 0.1) is 5.41 Å². The molecule has 0 aliphatic carbocycles. The van der Waals surface area contributed by atoms with Crippen LogP contribution in [0.5, 0.6) is 0 Å². The summed E-state index contributed by atoms with van der Waals surface area (Å²) in [5.41, 5.74) is 9.19.